The van der Waals surface area contributed by atoms with Crippen LogP contribution in [0.1, 0.15) is 33.1 Å². The van der Waals surface area contributed by atoms with Crippen molar-refractivity contribution in [2.24, 2.45) is 5.92 Å². The van der Waals surface area contributed by atoms with Gasteiger partial charge in [-0.15, -0.1) is 11.3 Å². The third-order valence-corrected chi connectivity index (χ3v) is 3.22. The van der Waals surface area contributed by atoms with Crippen molar-refractivity contribution in [3.63, 3.8) is 0 Å². The highest BCUT2D eigenvalue weighted by atomic mass is 32.1. The fourth-order valence-electron chi connectivity index (χ4n) is 1.21. The van der Waals surface area contributed by atoms with Crippen LogP contribution in [0.25, 0.3) is 0 Å². The number of unbranched alkanes of at least 4 members (excludes halogenated alkanes) is 1. The van der Waals surface area contributed by atoms with Crippen molar-refractivity contribution in [1.29, 1.82) is 0 Å². The minimum absolute atomic E-state index is 0.0112. The number of rotatable bonds is 8. The van der Waals surface area contributed by atoms with Crippen molar-refractivity contribution in [1.82, 2.24) is 0 Å². The highest BCUT2D eigenvalue weighted by Gasteiger charge is 2.10. The zero-order valence-electron chi connectivity index (χ0n) is 10.5. The van der Waals surface area contributed by atoms with E-state index in [9.17, 15) is 4.79 Å². The normalized spacial score (nSPS) is 12.1. The predicted molar refractivity (Wildman–Crippen MR) is 69.5 cm³/mol. The van der Waals surface area contributed by atoms with Crippen molar-refractivity contribution < 1.29 is 14.3 Å². The Hall–Kier alpha value is -1.03. The summed E-state index contributed by atoms with van der Waals surface area (Å²) in [5.74, 6) is 0.843. The van der Waals surface area contributed by atoms with Crippen LogP contribution in [0.4, 0.5) is 0 Å². The maximum Gasteiger partial charge on any atom is 0.308 e. The van der Waals surface area contributed by atoms with E-state index in [1.165, 1.54) is 0 Å². The van der Waals surface area contributed by atoms with Crippen molar-refractivity contribution in [2.45, 2.75) is 33.1 Å². The van der Waals surface area contributed by atoms with E-state index < -0.39 is 0 Å². The van der Waals surface area contributed by atoms with Gasteiger partial charge in [-0.2, -0.15) is 0 Å². The molecule has 96 valence electrons. The summed E-state index contributed by atoms with van der Waals surface area (Å²) in [5.41, 5.74) is 0. The monoisotopic (exact) mass is 256 g/mol. The van der Waals surface area contributed by atoms with Crippen LogP contribution in [0.15, 0.2) is 16.8 Å². The van der Waals surface area contributed by atoms with Gasteiger partial charge >= 0.3 is 5.97 Å². The molecule has 0 amide bonds. The lowest BCUT2D eigenvalue weighted by Gasteiger charge is -2.09. The Kier molecular flexibility index (Phi) is 6.70. The van der Waals surface area contributed by atoms with Gasteiger partial charge in [0.1, 0.15) is 5.75 Å². The zero-order valence-corrected chi connectivity index (χ0v) is 11.3. The number of esters is 1. The van der Waals surface area contributed by atoms with E-state index in [1.54, 1.807) is 11.3 Å². The molecule has 1 aromatic rings. The molecule has 1 atom stereocenters. The second-order valence-electron chi connectivity index (χ2n) is 3.99. The van der Waals surface area contributed by atoms with E-state index in [4.69, 9.17) is 9.47 Å². The number of carbonyl (C=O) groups is 1. The highest BCUT2D eigenvalue weighted by Crippen LogP contribution is 2.14. The molecule has 1 heterocycles. The molecule has 0 bridgehead atoms. The van der Waals surface area contributed by atoms with E-state index >= 15 is 0 Å². The lowest BCUT2D eigenvalue weighted by molar-refractivity contribution is -0.148. The summed E-state index contributed by atoms with van der Waals surface area (Å²) in [4.78, 5) is 11.3. The fourth-order valence-corrected chi connectivity index (χ4v) is 1.78. The van der Waals surface area contributed by atoms with Crippen LogP contribution in [0, 0.1) is 5.92 Å². The summed E-state index contributed by atoms with van der Waals surface area (Å²) in [7, 11) is 0. The summed E-state index contributed by atoms with van der Waals surface area (Å²) in [5, 5.41) is 3.96. The van der Waals surface area contributed by atoms with Gasteiger partial charge in [0, 0.05) is 5.38 Å². The van der Waals surface area contributed by atoms with Gasteiger partial charge in [-0.05, 0) is 30.7 Å². The van der Waals surface area contributed by atoms with Crippen LogP contribution < -0.4 is 4.74 Å². The Labute approximate surface area is 107 Å². The van der Waals surface area contributed by atoms with Gasteiger partial charge in [-0.25, -0.2) is 0 Å². The van der Waals surface area contributed by atoms with E-state index in [2.05, 4.69) is 0 Å². The summed E-state index contributed by atoms with van der Waals surface area (Å²) >= 11 is 1.62. The van der Waals surface area contributed by atoms with Gasteiger partial charge in [-0.1, -0.05) is 13.8 Å². The van der Waals surface area contributed by atoms with E-state index in [-0.39, 0.29) is 11.9 Å². The van der Waals surface area contributed by atoms with Crippen molar-refractivity contribution >= 4 is 17.3 Å². The molecule has 17 heavy (non-hydrogen) atoms. The first-order valence-corrected chi connectivity index (χ1v) is 7.00. The molecular weight excluding hydrogens is 236 g/mol. The Bertz CT molecular complexity index is 308. The van der Waals surface area contributed by atoms with Gasteiger partial charge in [0.05, 0.1) is 19.1 Å². The number of hydrogen-bond acceptors (Lipinski definition) is 4. The second kappa shape index (κ2) is 8.12. The maximum absolute atomic E-state index is 11.3. The van der Waals surface area contributed by atoms with Crippen LogP contribution in [0.2, 0.25) is 0 Å². The Balaban J connectivity index is 1.96. The van der Waals surface area contributed by atoms with E-state index in [0.717, 1.165) is 25.0 Å². The van der Waals surface area contributed by atoms with Crippen LogP contribution in [-0.2, 0) is 9.53 Å². The van der Waals surface area contributed by atoms with Crippen LogP contribution in [-0.4, -0.2) is 19.2 Å². The third kappa shape index (κ3) is 5.73. The Morgan fingerprint density at radius 2 is 2.18 bits per heavy atom. The number of carbonyl (C=O) groups excluding carboxylic acids is 1. The van der Waals surface area contributed by atoms with Crippen LogP contribution in [0.5, 0.6) is 5.75 Å². The Morgan fingerprint density at radius 1 is 1.41 bits per heavy atom. The fraction of sp³-hybridized carbons (Fsp3) is 0.615. The molecule has 1 unspecified atom stereocenters. The lowest BCUT2D eigenvalue weighted by Crippen LogP contribution is -2.14. The third-order valence-electron chi connectivity index (χ3n) is 2.56. The molecule has 1 rings (SSSR count). The molecule has 0 aliphatic carbocycles. The average molecular weight is 256 g/mol. The topological polar surface area (TPSA) is 35.5 Å². The predicted octanol–water partition coefficient (Wildman–Crippen LogP) is 3.50. The maximum atomic E-state index is 11.3. The molecule has 0 fully saturated rings. The molecular formula is C13H20O3S. The molecule has 0 aliphatic rings. The average Bonchev–Trinajstić information content (AvgIpc) is 2.85. The molecule has 0 saturated carbocycles. The van der Waals surface area contributed by atoms with Crippen molar-refractivity contribution in [3.05, 3.63) is 16.8 Å². The molecule has 0 radical (unpaired) electrons. The summed E-state index contributed by atoms with van der Waals surface area (Å²) in [6.07, 6.45) is 2.59. The number of thiophene rings is 1. The molecule has 1 aromatic heterocycles. The first-order chi connectivity index (χ1) is 8.24. The largest absolute Gasteiger partial charge is 0.493 e. The minimum Gasteiger partial charge on any atom is -0.493 e. The highest BCUT2D eigenvalue weighted by molar-refractivity contribution is 7.08. The molecule has 0 N–H and O–H groups in total. The summed E-state index contributed by atoms with van der Waals surface area (Å²) in [6, 6.07) is 1.95. The number of ether oxygens (including phenoxy) is 2. The van der Waals surface area contributed by atoms with Gasteiger partial charge in [0.15, 0.2) is 0 Å². The quantitative estimate of drug-likeness (QED) is 0.527. The second-order valence-corrected chi connectivity index (χ2v) is 4.77. The molecule has 4 heteroatoms. The SMILES string of the molecule is CCC(C)C(=O)OCCCCOc1ccsc1. The van der Waals surface area contributed by atoms with Crippen LogP contribution >= 0.6 is 11.3 Å². The molecule has 0 aromatic carbocycles. The molecule has 0 aliphatic heterocycles. The Morgan fingerprint density at radius 3 is 2.82 bits per heavy atom. The van der Waals surface area contributed by atoms with Gasteiger partial charge in [0.25, 0.3) is 0 Å². The van der Waals surface area contributed by atoms with Crippen LogP contribution in [0.3, 0.4) is 0 Å². The minimum atomic E-state index is -0.0914. The summed E-state index contributed by atoms with van der Waals surface area (Å²) < 4.78 is 10.6. The molecule has 3 nitrogen and oxygen atoms in total. The molecule has 0 saturated heterocycles. The number of hydrogen-bond donors (Lipinski definition) is 0. The summed E-state index contributed by atoms with van der Waals surface area (Å²) in [6.45, 7) is 5.05. The van der Waals surface area contributed by atoms with Crippen molar-refractivity contribution in [2.75, 3.05) is 13.2 Å². The first-order valence-electron chi connectivity index (χ1n) is 6.05. The van der Waals surface area contributed by atoms with Gasteiger partial charge < -0.3 is 9.47 Å². The van der Waals surface area contributed by atoms with Gasteiger partial charge in [-0.3, -0.25) is 4.79 Å². The standard InChI is InChI=1S/C13H20O3S/c1-3-11(2)13(14)16-8-5-4-7-15-12-6-9-17-10-12/h6,9-11H,3-5,7-8H2,1-2H3. The van der Waals surface area contributed by atoms with E-state index in [0.29, 0.717) is 13.2 Å². The zero-order chi connectivity index (χ0) is 12.5. The molecule has 0 spiro atoms. The van der Waals surface area contributed by atoms with Crippen molar-refractivity contribution in [3.8, 4) is 5.75 Å². The smallest absolute Gasteiger partial charge is 0.308 e. The van der Waals surface area contributed by atoms with Gasteiger partial charge in [0.2, 0.25) is 0 Å². The van der Waals surface area contributed by atoms with E-state index in [1.807, 2.05) is 30.7 Å². The first kappa shape index (κ1) is 14.0. The lowest BCUT2D eigenvalue weighted by atomic mass is 10.1.